The lowest BCUT2D eigenvalue weighted by Crippen LogP contribution is -2.23. The van der Waals surface area contributed by atoms with Crippen LogP contribution in [0.5, 0.6) is 5.75 Å². The number of fused-ring (bicyclic) bond motifs is 1. The topological polar surface area (TPSA) is 9.23 Å². The molecule has 0 aliphatic heterocycles. The van der Waals surface area contributed by atoms with Gasteiger partial charge in [0.1, 0.15) is 5.75 Å². The Morgan fingerprint density at radius 1 is 1.25 bits per heavy atom. The zero-order valence-corrected chi connectivity index (χ0v) is 14.5. The summed E-state index contributed by atoms with van der Waals surface area (Å²) in [6.07, 6.45) is 1.13. The Morgan fingerprint density at radius 2 is 2.05 bits per heavy atom. The lowest BCUT2D eigenvalue weighted by molar-refractivity contribution is 0.272. The summed E-state index contributed by atoms with van der Waals surface area (Å²) in [5.41, 5.74) is 5.29. The first-order chi connectivity index (χ1) is 9.69. The number of rotatable bonds is 4. The number of benzene rings is 2. The molecule has 1 aliphatic rings. The van der Waals surface area contributed by atoms with Crippen LogP contribution in [0.15, 0.2) is 40.9 Å². The summed E-state index contributed by atoms with van der Waals surface area (Å²) in [6.45, 7) is 2.86. The van der Waals surface area contributed by atoms with Crippen molar-refractivity contribution in [2.75, 3.05) is 6.61 Å². The van der Waals surface area contributed by atoms with Gasteiger partial charge in [-0.2, -0.15) is 0 Å². The van der Waals surface area contributed by atoms with Crippen molar-refractivity contribution in [3.8, 4) is 5.75 Å². The minimum atomic E-state index is 0.539. The van der Waals surface area contributed by atoms with Crippen LogP contribution in [0, 0.1) is 6.92 Å². The van der Waals surface area contributed by atoms with E-state index >= 15 is 0 Å². The van der Waals surface area contributed by atoms with Crippen molar-refractivity contribution in [3.05, 3.63) is 63.1 Å². The number of hydrogen-bond donors (Lipinski definition) is 0. The summed E-state index contributed by atoms with van der Waals surface area (Å²) in [5, 5.41) is 0.809. The standard InChI is InChI=1S/C17H16Br2O/c1-11-6-15(19)8-13(9-18)17(11)20-10-14-7-12-4-2-3-5-16(12)14/h2-6,8,14H,7,9-10H2,1H3. The van der Waals surface area contributed by atoms with Gasteiger partial charge >= 0.3 is 0 Å². The van der Waals surface area contributed by atoms with E-state index in [1.54, 1.807) is 0 Å². The second-order valence-corrected chi connectivity index (χ2v) is 6.73. The summed E-state index contributed by atoms with van der Waals surface area (Å²) in [4.78, 5) is 0. The minimum Gasteiger partial charge on any atom is -0.492 e. The molecule has 0 fully saturated rings. The van der Waals surface area contributed by atoms with Crippen LogP contribution in [0.2, 0.25) is 0 Å². The fraction of sp³-hybridized carbons (Fsp3) is 0.294. The first-order valence-electron chi connectivity index (χ1n) is 6.74. The molecule has 0 bridgehead atoms. The maximum absolute atomic E-state index is 6.12. The predicted octanol–water partition coefficient (Wildman–Crippen LogP) is 5.37. The lowest BCUT2D eigenvalue weighted by atomic mass is 9.78. The number of ether oxygens (including phenoxy) is 1. The summed E-state index contributed by atoms with van der Waals surface area (Å²) < 4.78 is 7.23. The van der Waals surface area contributed by atoms with E-state index in [4.69, 9.17) is 4.74 Å². The first kappa shape index (κ1) is 14.2. The van der Waals surface area contributed by atoms with Gasteiger partial charge in [0, 0.05) is 21.3 Å². The lowest BCUT2D eigenvalue weighted by Gasteiger charge is -2.30. The minimum absolute atomic E-state index is 0.539. The molecule has 104 valence electrons. The van der Waals surface area contributed by atoms with E-state index in [-0.39, 0.29) is 0 Å². The molecular weight excluding hydrogens is 380 g/mol. The van der Waals surface area contributed by atoms with Crippen molar-refractivity contribution in [2.24, 2.45) is 0 Å². The fourth-order valence-electron chi connectivity index (χ4n) is 2.80. The van der Waals surface area contributed by atoms with Gasteiger partial charge in [0.2, 0.25) is 0 Å². The molecule has 3 heteroatoms. The third-order valence-electron chi connectivity index (χ3n) is 3.85. The molecule has 2 aromatic carbocycles. The molecule has 0 heterocycles. The Morgan fingerprint density at radius 3 is 2.80 bits per heavy atom. The maximum Gasteiger partial charge on any atom is 0.126 e. The zero-order valence-electron chi connectivity index (χ0n) is 11.3. The van der Waals surface area contributed by atoms with E-state index in [1.807, 2.05) is 0 Å². The number of hydrogen-bond acceptors (Lipinski definition) is 1. The molecular formula is C17H16Br2O. The molecule has 20 heavy (non-hydrogen) atoms. The smallest absolute Gasteiger partial charge is 0.126 e. The van der Waals surface area contributed by atoms with Crippen LogP contribution in [0.25, 0.3) is 0 Å². The molecule has 0 saturated heterocycles. The summed E-state index contributed by atoms with van der Waals surface area (Å²) in [5.74, 6) is 1.56. The van der Waals surface area contributed by atoms with Crippen LogP contribution in [-0.2, 0) is 11.8 Å². The van der Waals surface area contributed by atoms with Crippen molar-refractivity contribution in [1.82, 2.24) is 0 Å². The molecule has 0 radical (unpaired) electrons. The van der Waals surface area contributed by atoms with E-state index < -0.39 is 0 Å². The average Bonchev–Trinajstić information content (AvgIpc) is 2.41. The molecule has 1 atom stereocenters. The highest BCUT2D eigenvalue weighted by molar-refractivity contribution is 9.10. The number of alkyl halides is 1. The van der Waals surface area contributed by atoms with Gasteiger partial charge in [0.25, 0.3) is 0 Å². The molecule has 1 unspecified atom stereocenters. The van der Waals surface area contributed by atoms with Gasteiger partial charge in [0.05, 0.1) is 6.61 Å². The van der Waals surface area contributed by atoms with Crippen molar-refractivity contribution < 1.29 is 4.74 Å². The monoisotopic (exact) mass is 394 g/mol. The zero-order chi connectivity index (χ0) is 14.1. The number of halogens is 2. The molecule has 0 aromatic heterocycles. The van der Waals surface area contributed by atoms with Gasteiger partial charge in [0.15, 0.2) is 0 Å². The summed E-state index contributed by atoms with van der Waals surface area (Å²) in [6, 6.07) is 12.9. The second kappa shape index (κ2) is 5.90. The van der Waals surface area contributed by atoms with Gasteiger partial charge in [-0.1, -0.05) is 56.1 Å². The highest BCUT2D eigenvalue weighted by Crippen LogP contribution is 2.36. The van der Waals surface area contributed by atoms with Gasteiger partial charge in [-0.15, -0.1) is 0 Å². The van der Waals surface area contributed by atoms with Gasteiger partial charge < -0.3 is 4.74 Å². The highest BCUT2D eigenvalue weighted by atomic mass is 79.9. The van der Waals surface area contributed by atoms with Crippen molar-refractivity contribution >= 4 is 31.9 Å². The molecule has 1 aliphatic carbocycles. The molecule has 0 amide bonds. The van der Waals surface area contributed by atoms with Crippen molar-refractivity contribution in [1.29, 1.82) is 0 Å². The molecule has 3 rings (SSSR count). The fourth-order valence-corrected chi connectivity index (χ4v) is 3.84. The molecule has 0 N–H and O–H groups in total. The van der Waals surface area contributed by atoms with Crippen LogP contribution >= 0.6 is 31.9 Å². The average molecular weight is 396 g/mol. The number of aryl methyl sites for hydroxylation is 1. The van der Waals surface area contributed by atoms with Gasteiger partial charge in [-0.3, -0.25) is 0 Å². The molecule has 2 aromatic rings. The molecule has 1 nitrogen and oxygen atoms in total. The molecule has 0 spiro atoms. The third kappa shape index (κ3) is 2.66. The van der Waals surface area contributed by atoms with E-state index in [2.05, 4.69) is 75.2 Å². The summed E-state index contributed by atoms with van der Waals surface area (Å²) in [7, 11) is 0. The van der Waals surface area contributed by atoms with Crippen LogP contribution in [0.1, 0.15) is 28.2 Å². The predicted molar refractivity (Wildman–Crippen MR) is 89.9 cm³/mol. The Labute approximate surface area is 136 Å². The Bertz CT molecular complexity index is 637. The van der Waals surface area contributed by atoms with Crippen molar-refractivity contribution in [3.63, 3.8) is 0 Å². The van der Waals surface area contributed by atoms with Crippen LogP contribution in [0.4, 0.5) is 0 Å². The molecule has 0 saturated carbocycles. The largest absolute Gasteiger partial charge is 0.492 e. The van der Waals surface area contributed by atoms with E-state index in [0.717, 1.165) is 28.6 Å². The quantitative estimate of drug-likeness (QED) is 0.632. The van der Waals surface area contributed by atoms with E-state index in [0.29, 0.717) is 5.92 Å². The summed E-state index contributed by atoms with van der Waals surface area (Å²) >= 11 is 7.08. The van der Waals surface area contributed by atoms with Gasteiger partial charge in [-0.05, 0) is 42.2 Å². The van der Waals surface area contributed by atoms with Crippen LogP contribution in [0.3, 0.4) is 0 Å². The third-order valence-corrected chi connectivity index (χ3v) is 4.91. The normalized spacial score (nSPS) is 16.4. The Kier molecular flexibility index (Phi) is 4.18. The second-order valence-electron chi connectivity index (χ2n) is 5.26. The Balaban J connectivity index is 1.74. The SMILES string of the molecule is Cc1cc(Br)cc(CBr)c1OCC1Cc2ccccc21. The van der Waals surface area contributed by atoms with Crippen LogP contribution in [-0.4, -0.2) is 6.61 Å². The Hall–Kier alpha value is -0.800. The van der Waals surface area contributed by atoms with Crippen LogP contribution < -0.4 is 4.74 Å². The van der Waals surface area contributed by atoms with Gasteiger partial charge in [-0.25, -0.2) is 0 Å². The van der Waals surface area contributed by atoms with E-state index in [9.17, 15) is 0 Å². The maximum atomic E-state index is 6.12. The van der Waals surface area contributed by atoms with E-state index in [1.165, 1.54) is 22.3 Å². The highest BCUT2D eigenvalue weighted by Gasteiger charge is 2.26. The first-order valence-corrected chi connectivity index (χ1v) is 8.66. The van der Waals surface area contributed by atoms with Crippen molar-refractivity contribution in [2.45, 2.75) is 24.6 Å².